The van der Waals surface area contributed by atoms with Gasteiger partial charge in [0, 0.05) is 24.1 Å². The van der Waals surface area contributed by atoms with Gasteiger partial charge in [0.05, 0.1) is 5.75 Å². The van der Waals surface area contributed by atoms with Gasteiger partial charge in [0.1, 0.15) is 6.04 Å². The largest absolute Gasteiger partial charge is 0.354 e. The van der Waals surface area contributed by atoms with Crippen molar-refractivity contribution in [3.8, 4) is 0 Å². The molecule has 0 saturated heterocycles. The number of hydrogen-bond acceptors (Lipinski definition) is 4. The number of amides is 3. The monoisotopic (exact) mass is 337 g/mol. The highest BCUT2D eigenvalue weighted by Crippen LogP contribution is 2.20. The number of carbonyl (C=O) groups is 3. The van der Waals surface area contributed by atoms with Crippen molar-refractivity contribution >= 4 is 35.2 Å². The number of benzene rings is 1. The van der Waals surface area contributed by atoms with Gasteiger partial charge in [0.2, 0.25) is 17.7 Å². The van der Waals surface area contributed by atoms with Crippen LogP contribution in [0.5, 0.6) is 0 Å². The fourth-order valence-corrected chi connectivity index (χ4v) is 2.45. The first kappa shape index (κ1) is 19.0. The first-order chi connectivity index (χ1) is 10.9. The fourth-order valence-electron chi connectivity index (χ4n) is 1.74. The zero-order valence-electron chi connectivity index (χ0n) is 13.6. The summed E-state index contributed by atoms with van der Waals surface area (Å²) in [6.07, 6.45) is 0.858. The van der Waals surface area contributed by atoms with Crippen molar-refractivity contribution in [3.05, 3.63) is 24.3 Å². The molecule has 1 aromatic rings. The van der Waals surface area contributed by atoms with E-state index in [0.717, 1.165) is 11.3 Å². The number of thioether (sulfide) groups is 1. The van der Waals surface area contributed by atoms with E-state index in [-0.39, 0.29) is 23.5 Å². The molecule has 0 bridgehead atoms. The van der Waals surface area contributed by atoms with Crippen LogP contribution in [-0.4, -0.2) is 36.1 Å². The summed E-state index contributed by atoms with van der Waals surface area (Å²) < 4.78 is 0. The summed E-state index contributed by atoms with van der Waals surface area (Å²) in [6, 6.07) is 6.68. The molecule has 1 rings (SSSR count). The summed E-state index contributed by atoms with van der Waals surface area (Å²) in [5.41, 5.74) is 0.715. The molecular weight excluding hydrogens is 314 g/mol. The predicted octanol–water partition coefficient (Wildman–Crippen LogP) is 1.77. The lowest BCUT2D eigenvalue weighted by molar-refractivity contribution is -0.127. The first-order valence-electron chi connectivity index (χ1n) is 7.50. The van der Waals surface area contributed by atoms with Gasteiger partial charge in [-0.1, -0.05) is 6.92 Å². The second-order valence-electron chi connectivity index (χ2n) is 5.07. The Bertz CT molecular complexity index is 546. The molecule has 0 aliphatic carbocycles. The smallest absolute Gasteiger partial charge is 0.242 e. The average Bonchev–Trinajstić information content (AvgIpc) is 2.51. The maximum Gasteiger partial charge on any atom is 0.242 e. The van der Waals surface area contributed by atoms with Crippen LogP contribution in [0.25, 0.3) is 0 Å². The van der Waals surface area contributed by atoms with Crippen LogP contribution in [0.1, 0.15) is 27.2 Å². The van der Waals surface area contributed by atoms with Gasteiger partial charge in [-0.3, -0.25) is 14.4 Å². The summed E-state index contributed by atoms with van der Waals surface area (Å²) in [5.74, 6) is -0.268. The highest BCUT2D eigenvalue weighted by Gasteiger charge is 2.14. The summed E-state index contributed by atoms with van der Waals surface area (Å²) in [4.78, 5) is 35.4. The Labute approximate surface area is 140 Å². The molecule has 0 unspecified atom stereocenters. The zero-order valence-corrected chi connectivity index (χ0v) is 14.5. The minimum atomic E-state index is -0.545. The van der Waals surface area contributed by atoms with E-state index < -0.39 is 6.04 Å². The molecule has 1 atom stereocenters. The average molecular weight is 337 g/mol. The third kappa shape index (κ3) is 7.69. The van der Waals surface area contributed by atoms with Crippen LogP contribution < -0.4 is 16.0 Å². The van der Waals surface area contributed by atoms with Gasteiger partial charge in [-0.25, -0.2) is 0 Å². The molecule has 0 aliphatic heterocycles. The van der Waals surface area contributed by atoms with Crippen LogP contribution in [0.15, 0.2) is 29.2 Å². The van der Waals surface area contributed by atoms with Crippen molar-refractivity contribution in [2.75, 3.05) is 17.6 Å². The van der Waals surface area contributed by atoms with Gasteiger partial charge in [-0.05, 0) is 37.6 Å². The molecule has 126 valence electrons. The van der Waals surface area contributed by atoms with Gasteiger partial charge in [0.25, 0.3) is 0 Å². The summed E-state index contributed by atoms with van der Waals surface area (Å²) in [7, 11) is 0. The number of anilines is 1. The van der Waals surface area contributed by atoms with Gasteiger partial charge >= 0.3 is 0 Å². The van der Waals surface area contributed by atoms with Gasteiger partial charge in [-0.2, -0.15) is 0 Å². The predicted molar refractivity (Wildman–Crippen MR) is 92.4 cm³/mol. The van der Waals surface area contributed by atoms with Crippen molar-refractivity contribution in [2.45, 2.75) is 38.1 Å². The number of hydrogen-bond donors (Lipinski definition) is 3. The Kier molecular flexibility index (Phi) is 8.18. The Morgan fingerprint density at radius 2 is 1.83 bits per heavy atom. The Hall–Kier alpha value is -2.02. The lowest BCUT2D eigenvalue weighted by Crippen LogP contribution is -2.45. The van der Waals surface area contributed by atoms with E-state index in [1.165, 1.54) is 18.7 Å². The number of carbonyl (C=O) groups excluding carboxylic acids is 3. The summed E-state index contributed by atoms with van der Waals surface area (Å²) in [5, 5.41) is 8.09. The second kappa shape index (κ2) is 9.89. The maximum atomic E-state index is 11.8. The Balaban J connectivity index is 2.38. The highest BCUT2D eigenvalue weighted by atomic mass is 32.2. The van der Waals surface area contributed by atoms with Crippen LogP contribution >= 0.6 is 11.8 Å². The van der Waals surface area contributed by atoms with Crippen LogP contribution in [0.4, 0.5) is 5.69 Å². The molecule has 1 aromatic carbocycles. The van der Waals surface area contributed by atoms with E-state index in [2.05, 4.69) is 16.0 Å². The van der Waals surface area contributed by atoms with Crippen molar-refractivity contribution in [2.24, 2.45) is 0 Å². The molecule has 0 spiro atoms. The highest BCUT2D eigenvalue weighted by molar-refractivity contribution is 8.00. The van der Waals surface area contributed by atoms with E-state index >= 15 is 0 Å². The van der Waals surface area contributed by atoms with Crippen LogP contribution in [-0.2, 0) is 14.4 Å². The van der Waals surface area contributed by atoms with Gasteiger partial charge in [-0.15, -0.1) is 11.8 Å². The standard InChI is InChI=1S/C16H23N3O3S/c1-4-9-17-16(22)11(2)18-15(21)10-23-14-7-5-13(6-8-14)19-12(3)20/h5-8,11H,4,9-10H2,1-3H3,(H,17,22)(H,18,21)(H,19,20)/t11-/m1/s1. The van der Waals surface area contributed by atoms with Crippen molar-refractivity contribution < 1.29 is 14.4 Å². The van der Waals surface area contributed by atoms with Crippen molar-refractivity contribution in [3.63, 3.8) is 0 Å². The van der Waals surface area contributed by atoms with E-state index in [9.17, 15) is 14.4 Å². The number of nitrogens with one attached hydrogen (secondary N) is 3. The molecule has 6 nitrogen and oxygen atoms in total. The molecule has 0 saturated carbocycles. The molecule has 0 heterocycles. The molecule has 0 aromatic heterocycles. The van der Waals surface area contributed by atoms with Crippen molar-refractivity contribution in [1.82, 2.24) is 10.6 Å². The van der Waals surface area contributed by atoms with E-state index in [1.54, 1.807) is 19.1 Å². The van der Waals surface area contributed by atoms with E-state index in [4.69, 9.17) is 0 Å². The molecule has 0 fully saturated rings. The van der Waals surface area contributed by atoms with Crippen LogP contribution in [0.3, 0.4) is 0 Å². The molecule has 0 radical (unpaired) electrons. The second-order valence-corrected chi connectivity index (χ2v) is 6.12. The normalized spacial score (nSPS) is 11.4. The van der Waals surface area contributed by atoms with Crippen molar-refractivity contribution in [1.29, 1.82) is 0 Å². The SMILES string of the molecule is CCCNC(=O)[C@@H](C)NC(=O)CSc1ccc(NC(C)=O)cc1. The van der Waals surface area contributed by atoms with Gasteiger partial charge < -0.3 is 16.0 Å². The molecule has 23 heavy (non-hydrogen) atoms. The fraction of sp³-hybridized carbons (Fsp3) is 0.438. The molecule has 3 amide bonds. The molecule has 7 heteroatoms. The van der Waals surface area contributed by atoms with E-state index in [0.29, 0.717) is 12.2 Å². The minimum absolute atomic E-state index is 0.125. The Morgan fingerprint density at radius 3 is 2.39 bits per heavy atom. The third-order valence-corrected chi connectivity index (χ3v) is 3.88. The lowest BCUT2D eigenvalue weighted by Gasteiger charge is -2.13. The quantitative estimate of drug-likeness (QED) is 0.631. The molecule has 3 N–H and O–H groups in total. The van der Waals surface area contributed by atoms with Crippen LogP contribution in [0, 0.1) is 0 Å². The number of rotatable bonds is 8. The third-order valence-electron chi connectivity index (χ3n) is 2.86. The topological polar surface area (TPSA) is 87.3 Å². The summed E-state index contributed by atoms with van der Waals surface area (Å²) >= 11 is 1.37. The van der Waals surface area contributed by atoms with Gasteiger partial charge in [0.15, 0.2) is 0 Å². The maximum absolute atomic E-state index is 11.8. The molecule has 0 aliphatic rings. The lowest BCUT2D eigenvalue weighted by atomic mass is 10.3. The van der Waals surface area contributed by atoms with E-state index in [1.807, 2.05) is 19.1 Å². The summed E-state index contributed by atoms with van der Waals surface area (Å²) in [6.45, 7) is 5.69. The minimum Gasteiger partial charge on any atom is -0.354 e. The molecular formula is C16H23N3O3S. The van der Waals surface area contributed by atoms with Crippen LogP contribution in [0.2, 0.25) is 0 Å². The zero-order chi connectivity index (χ0) is 17.2. The first-order valence-corrected chi connectivity index (χ1v) is 8.48. The Morgan fingerprint density at radius 1 is 1.17 bits per heavy atom.